The molecule has 0 radical (unpaired) electrons. The zero-order chi connectivity index (χ0) is 17.6. The van der Waals surface area contributed by atoms with Gasteiger partial charge in [0.1, 0.15) is 5.25 Å². The zero-order valence-electron chi connectivity index (χ0n) is 14.2. The summed E-state index contributed by atoms with van der Waals surface area (Å²) in [6.07, 6.45) is 0.820. The van der Waals surface area contributed by atoms with Gasteiger partial charge >= 0.3 is 5.69 Å². The smallest absolute Gasteiger partial charge is 0.343 e. The number of thioether (sulfide) groups is 1. The monoisotopic (exact) mass is 362 g/mol. The lowest BCUT2D eigenvalue weighted by atomic mass is 10.1. The van der Waals surface area contributed by atoms with Crippen molar-refractivity contribution in [3.05, 3.63) is 46.4 Å². The van der Waals surface area contributed by atoms with E-state index in [-0.39, 0.29) is 11.6 Å². The van der Waals surface area contributed by atoms with E-state index in [4.69, 9.17) is 4.74 Å². The molecule has 0 saturated carbocycles. The van der Waals surface area contributed by atoms with Gasteiger partial charge in [-0.15, -0.1) is 5.10 Å². The van der Waals surface area contributed by atoms with Crippen molar-refractivity contribution in [1.82, 2.24) is 19.7 Å². The lowest BCUT2D eigenvalue weighted by Crippen LogP contribution is -2.42. The predicted octanol–water partition coefficient (Wildman–Crippen LogP) is 1.67. The lowest BCUT2D eigenvalue weighted by molar-refractivity contribution is -0.134. The van der Waals surface area contributed by atoms with Gasteiger partial charge in [0, 0.05) is 19.6 Å². The van der Waals surface area contributed by atoms with E-state index in [2.05, 4.69) is 10.2 Å². The summed E-state index contributed by atoms with van der Waals surface area (Å²) in [5, 5.41) is 6.71. The van der Waals surface area contributed by atoms with Gasteiger partial charge in [-0.2, -0.15) is 0 Å². The molecule has 0 spiro atoms. The Morgan fingerprint density at radius 1 is 1.32 bits per heavy atom. The quantitative estimate of drug-likeness (QED) is 0.791. The minimum Gasteiger partial charge on any atom is -0.378 e. The summed E-state index contributed by atoms with van der Waals surface area (Å²) in [6, 6.07) is 9.63. The second-order valence-electron chi connectivity index (χ2n) is 5.81. The first kappa shape index (κ1) is 17.8. The highest BCUT2D eigenvalue weighted by Gasteiger charge is 2.29. The van der Waals surface area contributed by atoms with E-state index in [0.717, 1.165) is 12.0 Å². The Bertz CT molecular complexity index is 753. The summed E-state index contributed by atoms with van der Waals surface area (Å²) >= 11 is 1.32. The molecule has 2 aromatic rings. The number of amides is 1. The Kier molecular flexibility index (Phi) is 5.93. The molecular weight excluding hydrogens is 340 g/mol. The standard InChI is InChI=1S/C17H22N4O3S/c1-2-8-21-16(23)18-19-17(21)25-14(13-6-4-3-5-7-13)15(22)20-9-11-24-12-10-20/h3-7,14H,2,8-12H2,1H3,(H,18,23)/t14-/m0/s1. The molecule has 0 bridgehead atoms. The van der Waals surface area contributed by atoms with Crippen LogP contribution in [0.5, 0.6) is 0 Å². The Morgan fingerprint density at radius 2 is 2.04 bits per heavy atom. The van der Waals surface area contributed by atoms with E-state index in [0.29, 0.717) is 38.0 Å². The molecule has 1 amide bonds. The number of benzene rings is 1. The lowest BCUT2D eigenvalue weighted by Gasteiger charge is -2.30. The number of carbonyl (C=O) groups excluding carboxylic acids is 1. The highest BCUT2D eigenvalue weighted by molar-refractivity contribution is 8.00. The normalized spacial score (nSPS) is 16.0. The highest BCUT2D eigenvalue weighted by Crippen LogP contribution is 2.35. The van der Waals surface area contributed by atoms with Gasteiger partial charge < -0.3 is 9.64 Å². The number of nitrogens with zero attached hydrogens (tertiary/aromatic N) is 3. The molecule has 0 aliphatic carbocycles. The summed E-state index contributed by atoms with van der Waals surface area (Å²) in [7, 11) is 0. The molecule has 7 nitrogen and oxygen atoms in total. The molecule has 1 aliphatic heterocycles. The topological polar surface area (TPSA) is 80.2 Å². The summed E-state index contributed by atoms with van der Waals surface area (Å²) in [5.41, 5.74) is 0.664. The Labute approximate surface area is 150 Å². The number of aromatic amines is 1. The summed E-state index contributed by atoms with van der Waals surface area (Å²) < 4.78 is 6.93. The molecule has 134 valence electrons. The van der Waals surface area contributed by atoms with Crippen molar-refractivity contribution in [2.24, 2.45) is 0 Å². The van der Waals surface area contributed by atoms with Gasteiger partial charge in [-0.25, -0.2) is 9.89 Å². The van der Waals surface area contributed by atoms with Crippen molar-refractivity contribution in [2.45, 2.75) is 30.3 Å². The van der Waals surface area contributed by atoms with Gasteiger partial charge in [0.05, 0.1) is 13.2 Å². The minimum absolute atomic E-state index is 0.0259. The number of morpholine rings is 1. The summed E-state index contributed by atoms with van der Waals surface area (Å²) in [4.78, 5) is 26.9. The van der Waals surface area contributed by atoms with Crippen molar-refractivity contribution in [3.8, 4) is 0 Å². The number of ether oxygens (including phenoxy) is 1. The number of nitrogens with one attached hydrogen (secondary N) is 1. The van der Waals surface area contributed by atoms with Crippen LogP contribution in [0.1, 0.15) is 24.2 Å². The van der Waals surface area contributed by atoms with Crippen molar-refractivity contribution < 1.29 is 9.53 Å². The van der Waals surface area contributed by atoms with Gasteiger partial charge in [0.25, 0.3) is 0 Å². The van der Waals surface area contributed by atoms with E-state index >= 15 is 0 Å². The van der Waals surface area contributed by atoms with Crippen LogP contribution in [0, 0.1) is 0 Å². The highest BCUT2D eigenvalue weighted by atomic mass is 32.2. The molecule has 1 N–H and O–H groups in total. The molecule has 25 heavy (non-hydrogen) atoms. The summed E-state index contributed by atoms with van der Waals surface area (Å²) in [6.45, 7) is 4.87. The zero-order valence-corrected chi connectivity index (χ0v) is 15.0. The first-order valence-corrected chi connectivity index (χ1v) is 9.32. The third-order valence-electron chi connectivity index (χ3n) is 4.04. The average molecular weight is 362 g/mol. The molecule has 1 aromatic heterocycles. The SMILES string of the molecule is CCCn1c(S[C@H](C(=O)N2CCOCC2)c2ccccc2)n[nH]c1=O. The number of aromatic nitrogens is 3. The van der Waals surface area contributed by atoms with Crippen LogP contribution in [0.4, 0.5) is 0 Å². The number of rotatable bonds is 6. The Morgan fingerprint density at radius 3 is 2.72 bits per heavy atom. The number of hydrogen-bond acceptors (Lipinski definition) is 5. The minimum atomic E-state index is -0.440. The van der Waals surface area contributed by atoms with Crippen molar-refractivity contribution >= 4 is 17.7 Å². The van der Waals surface area contributed by atoms with Crippen LogP contribution in [-0.4, -0.2) is 51.9 Å². The van der Waals surface area contributed by atoms with E-state index in [1.54, 1.807) is 4.57 Å². The number of hydrogen-bond donors (Lipinski definition) is 1. The van der Waals surface area contributed by atoms with Crippen LogP contribution in [0.25, 0.3) is 0 Å². The second kappa shape index (κ2) is 8.35. The Hall–Kier alpha value is -2.06. The van der Waals surface area contributed by atoms with E-state index < -0.39 is 5.25 Å². The maximum atomic E-state index is 13.1. The fourth-order valence-corrected chi connectivity index (χ4v) is 3.91. The first-order valence-electron chi connectivity index (χ1n) is 8.44. The third kappa shape index (κ3) is 4.13. The van der Waals surface area contributed by atoms with Gasteiger partial charge in [0.15, 0.2) is 5.16 Å². The fourth-order valence-electron chi connectivity index (χ4n) is 2.76. The molecule has 1 atom stereocenters. The van der Waals surface area contributed by atoms with Gasteiger partial charge in [-0.1, -0.05) is 49.0 Å². The maximum Gasteiger partial charge on any atom is 0.343 e. The van der Waals surface area contributed by atoms with Gasteiger partial charge in [-0.3, -0.25) is 9.36 Å². The van der Waals surface area contributed by atoms with E-state index in [9.17, 15) is 9.59 Å². The molecule has 1 aromatic carbocycles. The maximum absolute atomic E-state index is 13.1. The number of H-pyrrole nitrogens is 1. The molecule has 3 rings (SSSR count). The number of carbonyl (C=O) groups is 1. The van der Waals surface area contributed by atoms with E-state index in [1.807, 2.05) is 42.2 Å². The molecule has 8 heteroatoms. The first-order chi connectivity index (χ1) is 12.2. The predicted molar refractivity (Wildman–Crippen MR) is 95.6 cm³/mol. The van der Waals surface area contributed by atoms with Crippen LogP contribution in [0.3, 0.4) is 0 Å². The summed E-state index contributed by atoms with van der Waals surface area (Å²) in [5.74, 6) is 0.0259. The Balaban J connectivity index is 1.89. The van der Waals surface area contributed by atoms with Gasteiger partial charge in [-0.05, 0) is 12.0 Å². The molecule has 2 heterocycles. The van der Waals surface area contributed by atoms with Crippen LogP contribution >= 0.6 is 11.8 Å². The molecular formula is C17H22N4O3S. The molecule has 1 saturated heterocycles. The van der Waals surface area contributed by atoms with Crippen molar-refractivity contribution in [2.75, 3.05) is 26.3 Å². The van der Waals surface area contributed by atoms with E-state index in [1.165, 1.54) is 11.8 Å². The van der Waals surface area contributed by atoms with Crippen LogP contribution in [0.2, 0.25) is 0 Å². The molecule has 0 unspecified atom stereocenters. The van der Waals surface area contributed by atoms with Gasteiger partial charge in [0.2, 0.25) is 5.91 Å². The van der Waals surface area contributed by atoms with Crippen molar-refractivity contribution in [1.29, 1.82) is 0 Å². The van der Waals surface area contributed by atoms with Crippen LogP contribution < -0.4 is 5.69 Å². The average Bonchev–Trinajstić information content (AvgIpc) is 3.01. The molecule has 1 fully saturated rings. The van der Waals surface area contributed by atoms with Crippen molar-refractivity contribution in [3.63, 3.8) is 0 Å². The molecule has 1 aliphatic rings. The largest absolute Gasteiger partial charge is 0.378 e. The fraction of sp³-hybridized carbons (Fsp3) is 0.471. The third-order valence-corrected chi connectivity index (χ3v) is 5.28. The van der Waals surface area contributed by atoms with Crippen LogP contribution in [0.15, 0.2) is 40.3 Å². The second-order valence-corrected chi connectivity index (χ2v) is 6.88. The van der Waals surface area contributed by atoms with Crippen LogP contribution in [-0.2, 0) is 16.1 Å².